The van der Waals surface area contributed by atoms with Gasteiger partial charge in [0.25, 0.3) is 5.91 Å². The van der Waals surface area contributed by atoms with Gasteiger partial charge in [0, 0.05) is 13.0 Å². The van der Waals surface area contributed by atoms with Gasteiger partial charge in [-0.3, -0.25) is 4.79 Å². The highest BCUT2D eigenvalue weighted by molar-refractivity contribution is 5.86. The molecule has 0 unspecified atom stereocenters. The van der Waals surface area contributed by atoms with Crippen LogP contribution in [0.2, 0.25) is 0 Å². The standard InChI is InChI=1S/C19H25NO3/c1-3-14-15-10-7-11-19(14)17(23-15)16(18(21)20(19)2)22-12-13-8-5-4-6-9-13/h4-6,8-9,14-17H,3,7,10-12H2,1-2H3/t14-,15-,16-,17-,19-/m1/s1. The van der Waals surface area contributed by atoms with E-state index in [1.54, 1.807) is 0 Å². The lowest BCUT2D eigenvalue weighted by molar-refractivity contribution is -0.145. The van der Waals surface area contributed by atoms with Gasteiger partial charge in [0.15, 0.2) is 6.10 Å². The maximum absolute atomic E-state index is 12.8. The highest BCUT2D eigenvalue weighted by Crippen LogP contribution is 2.55. The fourth-order valence-electron chi connectivity index (χ4n) is 5.12. The Labute approximate surface area is 137 Å². The lowest BCUT2D eigenvalue weighted by Gasteiger charge is -2.43. The smallest absolute Gasteiger partial charge is 0.254 e. The Morgan fingerprint density at radius 2 is 2.13 bits per heavy atom. The summed E-state index contributed by atoms with van der Waals surface area (Å²) in [7, 11) is 1.95. The van der Waals surface area contributed by atoms with Gasteiger partial charge in [-0.1, -0.05) is 37.3 Å². The maximum Gasteiger partial charge on any atom is 0.254 e. The molecule has 4 nitrogen and oxygen atoms in total. The summed E-state index contributed by atoms with van der Waals surface area (Å²) in [5.74, 6) is 0.533. The summed E-state index contributed by atoms with van der Waals surface area (Å²) < 4.78 is 12.4. The van der Waals surface area contributed by atoms with E-state index in [2.05, 4.69) is 6.92 Å². The summed E-state index contributed by atoms with van der Waals surface area (Å²) in [5.41, 5.74) is 0.952. The minimum atomic E-state index is -0.461. The van der Waals surface area contributed by atoms with Crippen molar-refractivity contribution in [3.8, 4) is 0 Å². The van der Waals surface area contributed by atoms with Crippen LogP contribution in [0.3, 0.4) is 0 Å². The molecular weight excluding hydrogens is 290 g/mol. The van der Waals surface area contributed by atoms with E-state index in [4.69, 9.17) is 9.47 Å². The van der Waals surface area contributed by atoms with Crippen LogP contribution in [0.4, 0.5) is 0 Å². The molecule has 0 N–H and O–H groups in total. The topological polar surface area (TPSA) is 38.8 Å². The van der Waals surface area contributed by atoms with Crippen molar-refractivity contribution in [1.29, 1.82) is 0 Å². The number of hydrogen-bond acceptors (Lipinski definition) is 3. The van der Waals surface area contributed by atoms with Gasteiger partial charge in [0.2, 0.25) is 0 Å². The van der Waals surface area contributed by atoms with Crippen LogP contribution < -0.4 is 0 Å². The summed E-state index contributed by atoms with van der Waals surface area (Å²) in [5, 5.41) is 0. The normalized spacial score (nSPS) is 38.9. The maximum atomic E-state index is 12.8. The number of fused-ring (bicyclic) bond motifs is 1. The minimum Gasteiger partial charge on any atom is -0.369 e. The van der Waals surface area contributed by atoms with Crippen LogP contribution in [0.1, 0.15) is 38.2 Å². The Kier molecular flexibility index (Phi) is 3.69. The molecule has 1 saturated carbocycles. The molecule has 23 heavy (non-hydrogen) atoms. The molecule has 0 aromatic heterocycles. The zero-order valence-corrected chi connectivity index (χ0v) is 13.9. The van der Waals surface area contributed by atoms with Crippen molar-refractivity contribution < 1.29 is 14.3 Å². The number of carbonyl (C=O) groups excluding carboxylic acids is 1. The second-order valence-corrected chi connectivity index (χ2v) is 7.11. The van der Waals surface area contributed by atoms with E-state index >= 15 is 0 Å². The molecule has 1 aliphatic carbocycles. The SMILES string of the molecule is CC[C@@H]1[C@H]2CCC[C@]13[C@H](O2)[C@@H](OCc1ccccc1)C(=O)N3C. The number of carbonyl (C=O) groups is 1. The molecule has 1 aromatic carbocycles. The molecule has 2 aliphatic heterocycles. The van der Waals surface area contributed by atoms with Gasteiger partial charge < -0.3 is 14.4 Å². The first-order chi connectivity index (χ1) is 11.2. The first-order valence-corrected chi connectivity index (χ1v) is 8.77. The second-order valence-electron chi connectivity index (χ2n) is 7.11. The Hall–Kier alpha value is -1.39. The molecule has 3 aliphatic rings. The average molecular weight is 315 g/mol. The van der Waals surface area contributed by atoms with Crippen molar-refractivity contribution in [3.05, 3.63) is 35.9 Å². The third-order valence-corrected chi connectivity index (χ3v) is 6.16. The van der Waals surface area contributed by atoms with Crippen LogP contribution in [0, 0.1) is 5.92 Å². The molecule has 2 heterocycles. The number of benzene rings is 1. The van der Waals surface area contributed by atoms with Crippen LogP contribution >= 0.6 is 0 Å². The van der Waals surface area contributed by atoms with Gasteiger partial charge in [-0.2, -0.15) is 0 Å². The number of amides is 1. The number of likely N-dealkylation sites (tertiary alicyclic amines) is 1. The van der Waals surface area contributed by atoms with Gasteiger partial charge in [-0.15, -0.1) is 0 Å². The molecule has 1 aromatic rings. The Morgan fingerprint density at radius 1 is 1.35 bits per heavy atom. The van der Waals surface area contributed by atoms with Gasteiger partial charge >= 0.3 is 0 Å². The highest BCUT2D eigenvalue weighted by atomic mass is 16.6. The molecule has 2 bridgehead atoms. The van der Waals surface area contributed by atoms with E-state index < -0.39 is 6.10 Å². The van der Waals surface area contributed by atoms with Gasteiger partial charge in [0.1, 0.15) is 6.10 Å². The number of hydrogen-bond donors (Lipinski definition) is 0. The van der Waals surface area contributed by atoms with Crippen molar-refractivity contribution in [2.24, 2.45) is 5.92 Å². The molecule has 124 valence electrons. The van der Waals surface area contributed by atoms with Gasteiger partial charge in [0.05, 0.1) is 18.2 Å². The highest BCUT2D eigenvalue weighted by Gasteiger charge is 2.68. The van der Waals surface area contributed by atoms with E-state index in [1.165, 1.54) is 0 Å². The fraction of sp³-hybridized carbons (Fsp3) is 0.632. The largest absolute Gasteiger partial charge is 0.369 e. The molecule has 2 saturated heterocycles. The fourth-order valence-corrected chi connectivity index (χ4v) is 5.12. The minimum absolute atomic E-state index is 0.0877. The first kappa shape index (κ1) is 15.2. The molecule has 4 rings (SSSR count). The summed E-state index contributed by atoms with van der Waals surface area (Å²) in [6.45, 7) is 2.68. The number of ether oxygens (including phenoxy) is 2. The number of nitrogens with zero attached hydrogens (tertiary/aromatic N) is 1. The quantitative estimate of drug-likeness (QED) is 0.857. The summed E-state index contributed by atoms with van der Waals surface area (Å²) >= 11 is 0. The zero-order chi connectivity index (χ0) is 16.0. The van der Waals surface area contributed by atoms with E-state index in [0.717, 1.165) is 31.2 Å². The van der Waals surface area contributed by atoms with Crippen LogP contribution in [0.5, 0.6) is 0 Å². The third-order valence-electron chi connectivity index (χ3n) is 6.16. The van der Waals surface area contributed by atoms with Gasteiger partial charge in [-0.25, -0.2) is 0 Å². The first-order valence-electron chi connectivity index (χ1n) is 8.77. The van der Waals surface area contributed by atoms with Crippen LogP contribution in [0.15, 0.2) is 30.3 Å². The van der Waals surface area contributed by atoms with Gasteiger partial charge in [-0.05, 0) is 31.2 Å². The number of likely N-dealkylation sites (N-methyl/N-ethyl adjacent to an activating group) is 1. The lowest BCUT2D eigenvalue weighted by atomic mass is 9.70. The van der Waals surface area contributed by atoms with E-state index in [0.29, 0.717) is 12.5 Å². The zero-order valence-electron chi connectivity index (χ0n) is 13.9. The number of rotatable bonds is 4. The average Bonchev–Trinajstić information content (AvgIpc) is 2.88. The third kappa shape index (κ3) is 2.08. The second kappa shape index (κ2) is 5.60. The van der Waals surface area contributed by atoms with Crippen molar-refractivity contribution in [2.75, 3.05) is 7.05 Å². The molecule has 3 fully saturated rings. The Balaban J connectivity index is 1.58. The lowest BCUT2D eigenvalue weighted by Crippen LogP contribution is -2.54. The molecule has 1 spiro atoms. The predicted molar refractivity (Wildman–Crippen MR) is 86.8 cm³/mol. The molecule has 5 atom stereocenters. The van der Waals surface area contributed by atoms with Crippen molar-refractivity contribution in [1.82, 2.24) is 4.90 Å². The molecule has 1 amide bonds. The van der Waals surface area contributed by atoms with Crippen molar-refractivity contribution in [2.45, 2.75) is 63.1 Å². The van der Waals surface area contributed by atoms with Crippen LogP contribution in [0.25, 0.3) is 0 Å². The summed E-state index contributed by atoms with van der Waals surface area (Å²) in [6, 6.07) is 10.0. The predicted octanol–water partition coefficient (Wildman–Crippen LogP) is 2.76. The Morgan fingerprint density at radius 3 is 2.87 bits per heavy atom. The molecule has 4 heteroatoms. The Bertz CT molecular complexity index is 590. The van der Waals surface area contributed by atoms with E-state index in [-0.39, 0.29) is 23.7 Å². The van der Waals surface area contributed by atoms with Crippen LogP contribution in [-0.4, -0.2) is 41.7 Å². The van der Waals surface area contributed by atoms with E-state index in [1.807, 2.05) is 42.3 Å². The van der Waals surface area contributed by atoms with Crippen molar-refractivity contribution in [3.63, 3.8) is 0 Å². The molecular formula is C19H25NO3. The van der Waals surface area contributed by atoms with Crippen molar-refractivity contribution >= 4 is 5.91 Å². The summed E-state index contributed by atoms with van der Waals surface area (Å²) in [4.78, 5) is 14.8. The van der Waals surface area contributed by atoms with Crippen LogP contribution in [-0.2, 0) is 20.9 Å². The molecule has 0 radical (unpaired) electrons. The monoisotopic (exact) mass is 315 g/mol. The summed E-state index contributed by atoms with van der Waals surface area (Å²) in [6.07, 6.45) is 4.07. The van der Waals surface area contributed by atoms with E-state index in [9.17, 15) is 4.79 Å².